The van der Waals surface area contributed by atoms with Crippen molar-refractivity contribution in [2.45, 2.75) is 62.9 Å². The molecular weight excluding hydrogens is 719 g/mol. The lowest BCUT2D eigenvalue weighted by atomic mass is 10.1. The summed E-state index contributed by atoms with van der Waals surface area (Å²) in [6.45, 7) is 3.03. The van der Waals surface area contributed by atoms with Gasteiger partial charge in [0.2, 0.25) is 10.0 Å². The van der Waals surface area contributed by atoms with Crippen LogP contribution in [0.2, 0.25) is 10.0 Å². The quantitative estimate of drug-likeness (QED) is 0.128. The average Bonchev–Trinajstić information content (AvgIpc) is 2.98. The van der Waals surface area contributed by atoms with Crippen LogP contribution in [0.5, 0.6) is 5.75 Å². The van der Waals surface area contributed by atoms with E-state index in [2.05, 4.69) is 4.98 Å². The van der Waals surface area contributed by atoms with Crippen LogP contribution < -0.4 is 10.5 Å². The summed E-state index contributed by atoms with van der Waals surface area (Å²) >= 11 is 13.0. The molecule has 0 saturated heterocycles. The van der Waals surface area contributed by atoms with Crippen molar-refractivity contribution in [1.29, 1.82) is 0 Å². The van der Waals surface area contributed by atoms with E-state index in [1.807, 2.05) is 37.3 Å². The minimum atomic E-state index is -5.08. The highest BCUT2D eigenvalue weighted by atomic mass is 35.5. The van der Waals surface area contributed by atoms with Gasteiger partial charge in [0.1, 0.15) is 22.8 Å². The van der Waals surface area contributed by atoms with Gasteiger partial charge in [0, 0.05) is 35.3 Å². The second-order valence-electron chi connectivity index (χ2n) is 9.90. The number of aromatic nitrogens is 1. The van der Waals surface area contributed by atoms with E-state index in [4.69, 9.17) is 53.5 Å². The number of nitrogens with zero attached hydrogens (tertiary/aromatic N) is 2. The van der Waals surface area contributed by atoms with Crippen molar-refractivity contribution in [3.63, 3.8) is 0 Å². The molecule has 268 valence electrons. The highest BCUT2D eigenvalue weighted by molar-refractivity contribution is 7.89. The first-order valence-electron chi connectivity index (χ1n) is 13.9. The van der Waals surface area contributed by atoms with Gasteiger partial charge < -0.3 is 20.7 Å². The number of aryl methyl sites for hydroxylation is 1. The maximum atomic E-state index is 13.2. The van der Waals surface area contributed by atoms with Crippen molar-refractivity contribution in [3.05, 3.63) is 63.8 Å². The summed E-state index contributed by atoms with van der Waals surface area (Å²) in [5, 5.41) is 15.6. The number of carbonyl (C=O) groups is 2. The van der Waals surface area contributed by atoms with Crippen LogP contribution in [-0.4, -0.2) is 72.3 Å². The van der Waals surface area contributed by atoms with Gasteiger partial charge in [-0.1, -0.05) is 60.7 Å². The molecule has 0 unspecified atom stereocenters. The maximum Gasteiger partial charge on any atom is 0.490 e. The number of fused-ring (bicyclic) bond motifs is 1. The number of para-hydroxylation sites is 1. The van der Waals surface area contributed by atoms with Gasteiger partial charge in [0.15, 0.2) is 0 Å². The summed E-state index contributed by atoms with van der Waals surface area (Å²) in [5.74, 6) is -4.94. The predicted octanol–water partition coefficient (Wildman–Crippen LogP) is 7.23. The topological polar surface area (TPSA) is 160 Å². The largest absolute Gasteiger partial charge is 0.490 e. The fourth-order valence-corrected chi connectivity index (χ4v) is 5.76. The van der Waals surface area contributed by atoms with Crippen LogP contribution >= 0.6 is 23.2 Å². The minimum absolute atomic E-state index is 0.0145. The van der Waals surface area contributed by atoms with Gasteiger partial charge in [-0.05, 0) is 50.6 Å². The summed E-state index contributed by atoms with van der Waals surface area (Å²) in [6.07, 6.45) is -5.35. The lowest BCUT2D eigenvalue weighted by molar-refractivity contribution is -0.193. The van der Waals surface area contributed by atoms with Crippen LogP contribution in [0.15, 0.2) is 47.4 Å². The number of halogens is 8. The number of nitrogens with two attached hydrogens (primary N) is 1. The van der Waals surface area contributed by atoms with E-state index < -0.39 is 34.3 Å². The molecule has 1 aromatic heterocycles. The van der Waals surface area contributed by atoms with E-state index in [0.717, 1.165) is 48.7 Å². The highest BCUT2D eigenvalue weighted by Crippen LogP contribution is 2.34. The lowest BCUT2D eigenvalue weighted by Crippen LogP contribution is -2.28. The van der Waals surface area contributed by atoms with Crippen LogP contribution in [0.1, 0.15) is 43.4 Å². The fourth-order valence-electron chi connectivity index (χ4n) is 3.69. The fraction of sp³-hybridized carbons (Fsp3) is 0.414. The number of sulfonamides is 1. The Balaban J connectivity index is 0.000000687. The first-order valence-corrected chi connectivity index (χ1v) is 16.1. The molecule has 10 nitrogen and oxygen atoms in total. The number of hydrogen-bond donors (Lipinski definition) is 3. The Morgan fingerprint density at radius 1 is 0.896 bits per heavy atom. The van der Waals surface area contributed by atoms with Gasteiger partial charge in [-0.25, -0.2) is 27.3 Å². The van der Waals surface area contributed by atoms with Crippen LogP contribution in [0.3, 0.4) is 0 Å². The number of carboxylic acids is 2. The number of alkyl halides is 6. The SMILES string of the molecule is Cc1ccc2cccc(OCc3c(Cl)ccc(S(=O)(=O)N(C)CCCCCCCN)c3Cl)c2n1.O=C(O)C(F)(F)F.O=C(O)C(F)(F)F. The van der Waals surface area contributed by atoms with Crippen LogP contribution in [0, 0.1) is 6.92 Å². The third-order valence-corrected chi connectivity index (χ3v) is 8.99. The average molecular weight is 753 g/mol. The van der Waals surface area contributed by atoms with Crippen LogP contribution in [-0.2, 0) is 26.2 Å². The third-order valence-electron chi connectivity index (χ3n) is 6.20. The van der Waals surface area contributed by atoms with E-state index >= 15 is 0 Å². The molecule has 0 spiro atoms. The zero-order chi connectivity index (χ0) is 36.9. The molecule has 3 rings (SSSR count). The van der Waals surface area contributed by atoms with Crippen molar-refractivity contribution < 1.29 is 59.3 Å². The lowest BCUT2D eigenvalue weighted by Gasteiger charge is -2.20. The van der Waals surface area contributed by atoms with Crippen molar-refractivity contribution in [2.24, 2.45) is 5.73 Å². The second-order valence-corrected chi connectivity index (χ2v) is 12.7. The van der Waals surface area contributed by atoms with Crippen molar-refractivity contribution in [3.8, 4) is 5.75 Å². The number of pyridine rings is 1. The Bertz CT molecular complexity index is 1620. The smallest absolute Gasteiger partial charge is 0.487 e. The monoisotopic (exact) mass is 751 g/mol. The number of benzene rings is 2. The Labute approximate surface area is 282 Å². The molecular formula is C29H33Cl2F6N3O7S. The first kappa shape index (κ1) is 42.6. The third kappa shape index (κ3) is 13.6. The van der Waals surface area contributed by atoms with E-state index in [9.17, 15) is 34.8 Å². The summed E-state index contributed by atoms with van der Waals surface area (Å²) in [6, 6.07) is 12.6. The zero-order valence-corrected chi connectivity index (χ0v) is 27.9. The summed E-state index contributed by atoms with van der Waals surface area (Å²) in [7, 11) is -2.20. The molecule has 4 N–H and O–H groups in total. The van der Waals surface area contributed by atoms with Crippen molar-refractivity contribution in [1.82, 2.24) is 9.29 Å². The number of rotatable bonds is 12. The van der Waals surface area contributed by atoms with Crippen molar-refractivity contribution in [2.75, 3.05) is 20.1 Å². The molecule has 2 aromatic carbocycles. The standard InChI is InChI=1S/C25H31Cl2N3O3S.2C2HF3O2/c1-18-11-12-19-9-8-10-22(25(19)29-18)33-17-20-21(26)13-14-23(24(20)27)34(31,32)30(2)16-7-5-3-4-6-15-28;2*3-2(4,5)1(6)7/h8-14H,3-7,15-17,28H2,1-2H3;2*(H,6,7). The van der Waals surface area contributed by atoms with E-state index in [-0.39, 0.29) is 16.5 Å². The zero-order valence-electron chi connectivity index (χ0n) is 25.5. The van der Waals surface area contributed by atoms with Gasteiger partial charge in [0.05, 0.1) is 5.02 Å². The van der Waals surface area contributed by atoms with Gasteiger partial charge in [-0.15, -0.1) is 0 Å². The molecule has 0 aliphatic rings. The molecule has 0 atom stereocenters. The molecule has 0 radical (unpaired) electrons. The number of carboxylic acid groups (broad SMARTS) is 2. The van der Waals surface area contributed by atoms with Crippen molar-refractivity contribution >= 4 is 56.1 Å². The second kappa shape index (κ2) is 19.0. The normalized spacial score (nSPS) is 11.8. The predicted molar refractivity (Wildman–Crippen MR) is 167 cm³/mol. The molecule has 0 aliphatic carbocycles. The molecule has 0 amide bonds. The number of ether oxygens (including phenoxy) is 1. The van der Waals surface area contributed by atoms with Crippen LogP contribution in [0.25, 0.3) is 10.9 Å². The Kier molecular flexibility index (Phi) is 16.9. The molecule has 48 heavy (non-hydrogen) atoms. The first-order chi connectivity index (χ1) is 22.1. The Morgan fingerprint density at radius 2 is 1.44 bits per heavy atom. The summed E-state index contributed by atoms with van der Waals surface area (Å²) in [5.41, 5.74) is 7.53. The highest BCUT2D eigenvalue weighted by Gasteiger charge is 2.39. The van der Waals surface area contributed by atoms with Gasteiger partial charge in [-0.2, -0.15) is 26.3 Å². The molecule has 19 heteroatoms. The number of aliphatic carboxylic acids is 2. The van der Waals surface area contributed by atoms with E-state index in [0.29, 0.717) is 29.4 Å². The van der Waals surface area contributed by atoms with Gasteiger partial charge in [0.25, 0.3) is 0 Å². The molecule has 0 bridgehead atoms. The van der Waals surface area contributed by atoms with E-state index in [1.54, 1.807) is 13.1 Å². The molecule has 1 heterocycles. The molecule has 3 aromatic rings. The van der Waals surface area contributed by atoms with E-state index in [1.165, 1.54) is 10.4 Å². The molecule has 0 aliphatic heterocycles. The molecule has 0 fully saturated rings. The number of unbranched alkanes of at least 4 members (excludes halogenated alkanes) is 4. The Hall–Kier alpha value is -3.38. The van der Waals surface area contributed by atoms with Gasteiger partial charge >= 0.3 is 24.3 Å². The molecule has 0 saturated carbocycles. The number of hydrogen-bond acceptors (Lipinski definition) is 7. The summed E-state index contributed by atoms with van der Waals surface area (Å²) in [4.78, 5) is 22.4. The van der Waals surface area contributed by atoms with Gasteiger partial charge in [-0.3, -0.25) is 0 Å². The minimum Gasteiger partial charge on any atom is -0.487 e. The summed E-state index contributed by atoms with van der Waals surface area (Å²) < 4.78 is 97.2. The Morgan fingerprint density at radius 3 is 1.98 bits per heavy atom. The van der Waals surface area contributed by atoms with Crippen LogP contribution in [0.4, 0.5) is 26.3 Å². The maximum absolute atomic E-state index is 13.2.